The van der Waals surface area contributed by atoms with E-state index < -0.39 is 0 Å². The summed E-state index contributed by atoms with van der Waals surface area (Å²) in [5.74, 6) is 1.92. The van der Waals surface area contributed by atoms with Crippen molar-refractivity contribution in [2.45, 2.75) is 33.3 Å². The van der Waals surface area contributed by atoms with Crippen LogP contribution in [0.2, 0.25) is 0 Å². The predicted molar refractivity (Wildman–Crippen MR) is 104 cm³/mol. The summed E-state index contributed by atoms with van der Waals surface area (Å²) in [5.41, 5.74) is 2.47. The number of aromatic nitrogens is 3. The normalized spacial score (nSPS) is 11.5. The first-order valence-corrected chi connectivity index (χ1v) is 9.31. The fraction of sp³-hybridized carbons (Fsp3) is 0.278. The van der Waals surface area contributed by atoms with Crippen LogP contribution in [0.5, 0.6) is 5.75 Å². The Morgan fingerprint density at radius 2 is 2.08 bits per heavy atom. The quantitative estimate of drug-likeness (QED) is 0.495. The molecule has 0 saturated heterocycles. The number of nitrogens with zero attached hydrogens (tertiary/aromatic N) is 3. The summed E-state index contributed by atoms with van der Waals surface area (Å²) in [4.78, 5) is 1.10. The van der Waals surface area contributed by atoms with Gasteiger partial charge in [-0.15, -0.1) is 11.3 Å². The lowest BCUT2D eigenvalue weighted by Gasteiger charge is -2.08. The van der Waals surface area contributed by atoms with Crippen LogP contribution in [0.3, 0.4) is 0 Å². The van der Waals surface area contributed by atoms with Gasteiger partial charge in [0.15, 0.2) is 5.82 Å². The molecule has 0 fully saturated rings. The summed E-state index contributed by atoms with van der Waals surface area (Å²) in [5, 5.41) is 13.5. The fourth-order valence-electron chi connectivity index (χ4n) is 2.26. The lowest BCUT2D eigenvalue weighted by molar-refractivity contribution is 0.290. The molecule has 3 aromatic rings. The van der Waals surface area contributed by atoms with Gasteiger partial charge >= 0.3 is 0 Å². The molecular formula is C18H20N4OS2. The Kier molecular flexibility index (Phi) is 5.45. The van der Waals surface area contributed by atoms with Gasteiger partial charge in [-0.2, -0.15) is 14.9 Å². The highest BCUT2D eigenvalue weighted by molar-refractivity contribution is 7.71. The van der Waals surface area contributed by atoms with Crippen LogP contribution < -0.4 is 4.74 Å². The molecule has 25 heavy (non-hydrogen) atoms. The van der Waals surface area contributed by atoms with E-state index in [0.717, 1.165) is 10.6 Å². The molecule has 130 valence electrons. The van der Waals surface area contributed by atoms with E-state index in [0.29, 0.717) is 16.5 Å². The molecule has 0 spiro atoms. The van der Waals surface area contributed by atoms with Gasteiger partial charge in [-0.25, -0.2) is 5.10 Å². The zero-order chi connectivity index (χ0) is 17.8. The second kappa shape index (κ2) is 7.76. The first kappa shape index (κ1) is 17.6. The summed E-state index contributed by atoms with van der Waals surface area (Å²) in [6.07, 6.45) is 1.80. The van der Waals surface area contributed by atoms with Crippen molar-refractivity contribution >= 4 is 29.8 Å². The molecule has 0 amide bonds. The van der Waals surface area contributed by atoms with E-state index >= 15 is 0 Å². The molecule has 1 N–H and O–H groups in total. The molecule has 0 aliphatic rings. The topological polar surface area (TPSA) is 55.2 Å². The van der Waals surface area contributed by atoms with Gasteiger partial charge in [0.25, 0.3) is 0 Å². The lowest BCUT2D eigenvalue weighted by Crippen LogP contribution is -2.04. The molecular weight excluding hydrogens is 352 g/mol. The minimum Gasteiger partial charge on any atom is -0.486 e. The summed E-state index contributed by atoms with van der Waals surface area (Å²) in [6, 6.07) is 10.2. The second-order valence-corrected chi connectivity index (χ2v) is 7.32. The third-order valence-corrected chi connectivity index (χ3v) is 5.04. The average molecular weight is 373 g/mol. The summed E-state index contributed by atoms with van der Waals surface area (Å²) < 4.78 is 7.86. The minimum atomic E-state index is 0.287. The van der Waals surface area contributed by atoms with Gasteiger partial charge in [0, 0.05) is 0 Å². The molecule has 7 heteroatoms. The average Bonchev–Trinajstić information content (AvgIpc) is 3.17. The zero-order valence-electron chi connectivity index (χ0n) is 14.4. The smallest absolute Gasteiger partial charge is 0.216 e. The molecule has 0 saturated carbocycles. The summed E-state index contributed by atoms with van der Waals surface area (Å²) >= 11 is 6.89. The summed E-state index contributed by atoms with van der Waals surface area (Å²) in [7, 11) is 0. The van der Waals surface area contributed by atoms with Gasteiger partial charge in [-0.1, -0.05) is 26.0 Å². The molecule has 5 nitrogen and oxygen atoms in total. The fourth-order valence-corrected chi connectivity index (χ4v) is 3.24. The van der Waals surface area contributed by atoms with Crippen molar-refractivity contribution in [3.05, 3.63) is 62.3 Å². The number of aryl methyl sites for hydroxylation is 1. The van der Waals surface area contributed by atoms with Crippen LogP contribution in [0.1, 0.15) is 41.6 Å². The second-order valence-electron chi connectivity index (χ2n) is 5.98. The number of H-pyrrole nitrogens is 1. The number of aromatic amines is 1. The molecule has 0 aliphatic heterocycles. The molecule has 0 radical (unpaired) electrons. The third kappa shape index (κ3) is 4.24. The molecule has 3 rings (SSSR count). The monoisotopic (exact) mass is 372 g/mol. The van der Waals surface area contributed by atoms with Crippen molar-refractivity contribution in [1.82, 2.24) is 14.9 Å². The van der Waals surface area contributed by atoms with E-state index in [9.17, 15) is 0 Å². The van der Waals surface area contributed by atoms with E-state index in [1.807, 2.05) is 17.5 Å². The zero-order valence-corrected chi connectivity index (χ0v) is 16.0. The van der Waals surface area contributed by atoms with Crippen LogP contribution in [-0.4, -0.2) is 21.1 Å². The maximum atomic E-state index is 5.82. The highest BCUT2D eigenvalue weighted by Gasteiger charge is 2.07. The van der Waals surface area contributed by atoms with E-state index in [2.05, 4.69) is 54.3 Å². The maximum Gasteiger partial charge on any atom is 0.216 e. The van der Waals surface area contributed by atoms with Crippen LogP contribution in [0.15, 0.2) is 40.8 Å². The van der Waals surface area contributed by atoms with Crippen LogP contribution in [0.4, 0.5) is 0 Å². The Labute approximate surface area is 156 Å². The van der Waals surface area contributed by atoms with Crippen molar-refractivity contribution in [1.29, 1.82) is 0 Å². The Morgan fingerprint density at radius 3 is 2.72 bits per heavy atom. The molecule has 1 aromatic carbocycles. The standard InChI is InChI=1S/C18H20N4OS2/c1-12(2)14-4-6-15(7-5-14)23-11-17-20-21-18(24)22(17)19-10-16-13(3)8-9-25-16/h4-10,12H,11H2,1-3H3,(H,21,24)/b19-10-. The molecule has 0 atom stereocenters. The van der Waals surface area contributed by atoms with E-state index in [1.54, 1.807) is 22.2 Å². The number of thiophene rings is 1. The first-order chi connectivity index (χ1) is 12.0. The molecule has 0 aliphatic carbocycles. The highest BCUT2D eigenvalue weighted by Crippen LogP contribution is 2.19. The maximum absolute atomic E-state index is 5.82. The van der Waals surface area contributed by atoms with Gasteiger partial charge in [0.2, 0.25) is 4.77 Å². The van der Waals surface area contributed by atoms with Crippen molar-refractivity contribution in [3.8, 4) is 5.75 Å². The van der Waals surface area contributed by atoms with E-state index in [4.69, 9.17) is 17.0 Å². The first-order valence-electron chi connectivity index (χ1n) is 8.02. The molecule has 2 aromatic heterocycles. The van der Waals surface area contributed by atoms with Crippen molar-refractivity contribution in [3.63, 3.8) is 0 Å². The molecule has 0 bridgehead atoms. The Morgan fingerprint density at radius 1 is 1.32 bits per heavy atom. The minimum absolute atomic E-state index is 0.287. The van der Waals surface area contributed by atoms with Gasteiger partial charge in [-0.05, 0) is 59.8 Å². The molecule has 0 unspecified atom stereocenters. The van der Waals surface area contributed by atoms with E-state index in [-0.39, 0.29) is 6.61 Å². The SMILES string of the molecule is Cc1ccsc1/C=N\n1c(COc2ccc(C(C)C)cc2)n[nH]c1=S. The van der Waals surface area contributed by atoms with Gasteiger partial charge < -0.3 is 4.74 Å². The number of hydrogen-bond acceptors (Lipinski definition) is 5. The number of hydrogen-bond donors (Lipinski definition) is 1. The van der Waals surface area contributed by atoms with Crippen LogP contribution in [0.25, 0.3) is 0 Å². The van der Waals surface area contributed by atoms with Gasteiger partial charge in [0.1, 0.15) is 12.4 Å². The van der Waals surface area contributed by atoms with Crippen molar-refractivity contribution in [2.75, 3.05) is 0 Å². The number of benzene rings is 1. The van der Waals surface area contributed by atoms with Gasteiger partial charge in [-0.3, -0.25) is 0 Å². The Hall–Kier alpha value is -2.25. The predicted octanol–water partition coefficient (Wildman–Crippen LogP) is 4.90. The van der Waals surface area contributed by atoms with Gasteiger partial charge in [0.05, 0.1) is 11.1 Å². The lowest BCUT2D eigenvalue weighted by atomic mass is 10.0. The van der Waals surface area contributed by atoms with Crippen LogP contribution >= 0.6 is 23.6 Å². The summed E-state index contributed by atoms with van der Waals surface area (Å²) in [6.45, 7) is 6.67. The highest BCUT2D eigenvalue weighted by atomic mass is 32.1. The number of nitrogens with one attached hydrogen (secondary N) is 1. The third-order valence-electron chi connectivity index (χ3n) is 3.82. The largest absolute Gasteiger partial charge is 0.486 e. The number of rotatable bonds is 6. The number of ether oxygens (including phenoxy) is 1. The Bertz CT molecular complexity index is 919. The van der Waals surface area contributed by atoms with E-state index in [1.165, 1.54) is 11.1 Å². The van der Waals surface area contributed by atoms with Crippen molar-refractivity contribution < 1.29 is 4.74 Å². The van der Waals surface area contributed by atoms with Crippen LogP contribution in [0, 0.1) is 11.7 Å². The van der Waals surface area contributed by atoms with Crippen molar-refractivity contribution in [2.24, 2.45) is 5.10 Å². The Balaban J connectivity index is 1.72. The molecule has 2 heterocycles. The van der Waals surface area contributed by atoms with Crippen LogP contribution in [-0.2, 0) is 6.61 Å².